The number of nitrogens with zero attached hydrogens (tertiary/aromatic N) is 2. The molecular formula is C15H19N3O3S. The minimum absolute atomic E-state index is 0.255. The average Bonchev–Trinajstić information content (AvgIpc) is 2.90. The van der Waals surface area contributed by atoms with Gasteiger partial charge in [0.2, 0.25) is 0 Å². The zero-order valence-electron chi connectivity index (χ0n) is 12.4. The van der Waals surface area contributed by atoms with Crippen molar-refractivity contribution in [2.45, 2.75) is 23.8 Å². The van der Waals surface area contributed by atoms with Gasteiger partial charge in [-0.05, 0) is 44.0 Å². The van der Waals surface area contributed by atoms with Crippen LogP contribution in [0.3, 0.4) is 0 Å². The Balaban J connectivity index is 1.63. The number of anilines is 1. The van der Waals surface area contributed by atoms with Crippen LogP contribution in [0.5, 0.6) is 0 Å². The lowest BCUT2D eigenvalue weighted by molar-refractivity contribution is 0.0973. The van der Waals surface area contributed by atoms with Gasteiger partial charge < -0.3 is 14.7 Å². The third kappa shape index (κ3) is 2.38. The number of hydrogen-bond acceptors (Lipinski definition) is 6. The first-order valence-corrected chi connectivity index (χ1v) is 9.48. The lowest BCUT2D eigenvalue weighted by Gasteiger charge is -2.44. The monoisotopic (exact) mass is 321 g/mol. The maximum Gasteiger partial charge on any atom is 0.177 e. The summed E-state index contributed by atoms with van der Waals surface area (Å²) in [6, 6.07) is 5.31. The van der Waals surface area contributed by atoms with E-state index in [1.165, 1.54) is 32.2 Å². The third-order valence-corrected chi connectivity index (χ3v) is 5.96. The van der Waals surface area contributed by atoms with Gasteiger partial charge in [-0.3, -0.25) is 0 Å². The van der Waals surface area contributed by atoms with Crippen LogP contribution in [0.2, 0.25) is 0 Å². The Hall–Kier alpha value is -1.60. The number of rotatable bonds is 3. The Morgan fingerprint density at radius 1 is 1.32 bits per heavy atom. The SMILES string of the molecule is CS(=O)(=O)c1ccc2c(N[C@H]3CN4CCC3CC4)noc2c1. The van der Waals surface area contributed by atoms with E-state index in [0.29, 0.717) is 23.4 Å². The van der Waals surface area contributed by atoms with Crippen molar-refractivity contribution in [1.82, 2.24) is 10.1 Å². The first-order valence-electron chi connectivity index (χ1n) is 7.59. The number of benzene rings is 1. The maximum atomic E-state index is 11.6. The second-order valence-corrected chi connectivity index (χ2v) is 8.37. The molecule has 22 heavy (non-hydrogen) atoms. The summed E-state index contributed by atoms with van der Waals surface area (Å²) in [5.41, 5.74) is 0.506. The van der Waals surface area contributed by atoms with Crippen molar-refractivity contribution in [3.63, 3.8) is 0 Å². The molecule has 0 saturated carbocycles. The van der Waals surface area contributed by atoms with Crippen molar-refractivity contribution in [3.8, 4) is 0 Å². The van der Waals surface area contributed by atoms with Crippen LogP contribution in [-0.4, -0.2) is 50.4 Å². The predicted molar refractivity (Wildman–Crippen MR) is 83.7 cm³/mol. The molecule has 5 rings (SSSR count). The molecule has 3 aliphatic heterocycles. The van der Waals surface area contributed by atoms with Crippen LogP contribution in [0.4, 0.5) is 5.82 Å². The Morgan fingerprint density at radius 3 is 2.73 bits per heavy atom. The molecule has 3 aliphatic rings. The first kappa shape index (κ1) is 14.0. The molecule has 3 saturated heterocycles. The second kappa shape index (κ2) is 4.96. The summed E-state index contributed by atoms with van der Waals surface area (Å²) in [6.45, 7) is 3.43. The lowest BCUT2D eigenvalue weighted by atomic mass is 9.84. The van der Waals surface area contributed by atoms with Crippen LogP contribution in [0.1, 0.15) is 12.8 Å². The van der Waals surface area contributed by atoms with E-state index < -0.39 is 9.84 Å². The molecular weight excluding hydrogens is 302 g/mol. The highest BCUT2D eigenvalue weighted by molar-refractivity contribution is 7.90. The van der Waals surface area contributed by atoms with Gasteiger partial charge in [-0.15, -0.1) is 0 Å². The largest absolute Gasteiger partial charge is 0.362 e. The number of sulfone groups is 1. The number of fused-ring (bicyclic) bond motifs is 4. The Morgan fingerprint density at radius 2 is 2.09 bits per heavy atom. The quantitative estimate of drug-likeness (QED) is 0.928. The predicted octanol–water partition coefficient (Wildman–Crippen LogP) is 1.74. The molecule has 1 aromatic carbocycles. The van der Waals surface area contributed by atoms with E-state index in [4.69, 9.17) is 4.52 Å². The van der Waals surface area contributed by atoms with Crippen molar-refractivity contribution in [3.05, 3.63) is 18.2 Å². The molecule has 0 aliphatic carbocycles. The van der Waals surface area contributed by atoms with E-state index in [9.17, 15) is 8.42 Å². The first-order chi connectivity index (χ1) is 10.5. The molecule has 7 heteroatoms. The van der Waals surface area contributed by atoms with Gasteiger partial charge in [0.1, 0.15) is 0 Å². The van der Waals surface area contributed by atoms with Crippen LogP contribution in [-0.2, 0) is 9.84 Å². The molecule has 6 nitrogen and oxygen atoms in total. The van der Waals surface area contributed by atoms with E-state index in [1.807, 2.05) is 0 Å². The molecule has 2 bridgehead atoms. The highest BCUT2D eigenvalue weighted by atomic mass is 32.2. The van der Waals surface area contributed by atoms with E-state index in [1.54, 1.807) is 18.2 Å². The van der Waals surface area contributed by atoms with E-state index in [-0.39, 0.29) is 4.90 Å². The molecule has 0 radical (unpaired) electrons. The highest BCUT2D eigenvalue weighted by Gasteiger charge is 2.34. The normalized spacial score (nSPS) is 28.1. The molecule has 2 aromatic rings. The van der Waals surface area contributed by atoms with Crippen LogP contribution in [0.15, 0.2) is 27.6 Å². The Bertz CT molecular complexity index is 807. The highest BCUT2D eigenvalue weighted by Crippen LogP contribution is 2.32. The van der Waals surface area contributed by atoms with E-state index >= 15 is 0 Å². The fourth-order valence-corrected chi connectivity index (χ4v) is 4.19. The Labute approximate surface area is 129 Å². The van der Waals surface area contributed by atoms with Crippen molar-refractivity contribution < 1.29 is 12.9 Å². The zero-order valence-corrected chi connectivity index (χ0v) is 13.3. The van der Waals surface area contributed by atoms with Crippen LogP contribution >= 0.6 is 0 Å². The van der Waals surface area contributed by atoms with E-state index in [0.717, 1.165) is 11.9 Å². The van der Waals surface area contributed by atoms with Gasteiger partial charge in [-0.1, -0.05) is 5.16 Å². The van der Waals surface area contributed by atoms with Crippen LogP contribution < -0.4 is 5.32 Å². The summed E-state index contributed by atoms with van der Waals surface area (Å²) in [5, 5.41) is 8.43. The summed E-state index contributed by atoms with van der Waals surface area (Å²) < 4.78 is 28.5. The smallest absolute Gasteiger partial charge is 0.177 e. The molecule has 0 amide bonds. The van der Waals surface area contributed by atoms with Gasteiger partial charge in [-0.2, -0.15) is 0 Å². The van der Waals surface area contributed by atoms with Crippen molar-refractivity contribution in [1.29, 1.82) is 0 Å². The minimum atomic E-state index is -3.23. The average molecular weight is 321 g/mol. The van der Waals surface area contributed by atoms with Crippen molar-refractivity contribution in [2.24, 2.45) is 5.92 Å². The molecule has 0 spiro atoms. The van der Waals surface area contributed by atoms with Crippen LogP contribution in [0.25, 0.3) is 11.0 Å². The summed E-state index contributed by atoms with van der Waals surface area (Å²) in [6.07, 6.45) is 3.65. The Kier molecular flexibility index (Phi) is 3.16. The third-order valence-electron chi connectivity index (χ3n) is 4.85. The molecule has 3 fully saturated rings. The summed E-state index contributed by atoms with van der Waals surface area (Å²) in [4.78, 5) is 2.73. The van der Waals surface area contributed by atoms with Crippen molar-refractivity contribution >= 4 is 26.6 Å². The lowest BCUT2D eigenvalue weighted by Crippen LogP contribution is -2.53. The number of hydrogen-bond donors (Lipinski definition) is 1. The van der Waals surface area contributed by atoms with Gasteiger partial charge in [0.15, 0.2) is 21.2 Å². The zero-order chi connectivity index (χ0) is 15.3. The van der Waals surface area contributed by atoms with Gasteiger partial charge in [0, 0.05) is 24.9 Å². The molecule has 1 N–H and O–H groups in total. The van der Waals surface area contributed by atoms with E-state index in [2.05, 4.69) is 15.4 Å². The van der Waals surface area contributed by atoms with Crippen LogP contribution in [0, 0.1) is 5.92 Å². The number of nitrogens with one attached hydrogen (secondary N) is 1. The van der Waals surface area contributed by atoms with Gasteiger partial charge in [0.25, 0.3) is 0 Å². The molecule has 0 unspecified atom stereocenters. The molecule has 1 atom stereocenters. The topological polar surface area (TPSA) is 75.4 Å². The van der Waals surface area contributed by atoms with Crippen molar-refractivity contribution in [2.75, 3.05) is 31.2 Å². The standard InChI is InChI=1S/C15H19N3O3S/c1-22(19,20)11-2-3-12-14(8-11)21-17-15(12)16-13-9-18-6-4-10(13)5-7-18/h2-3,8,10,13H,4-7,9H2,1H3,(H,16,17)/t13-/m0/s1. The van der Waals surface area contributed by atoms with Gasteiger partial charge >= 0.3 is 0 Å². The fraction of sp³-hybridized carbons (Fsp3) is 0.533. The number of aromatic nitrogens is 1. The summed E-state index contributed by atoms with van der Waals surface area (Å²) >= 11 is 0. The second-order valence-electron chi connectivity index (χ2n) is 6.35. The van der Waals surface area contributed by atoms with Gasteiger partial charge in [-0.25, -0.2) is 8.42 Å². The molecule has 118 valence electrons. The minimum Gasteiger partial charge on any atom is -0.362 e. The fourth-order valence-electron chi connectivity index (χ4n) is 3.56. The van der Waals surface area contributed by atoms with Gasteiger partial charge in [0.05, 0.1) is 10.3 Å². The molecule has 4 heterocycles. The number of piperidine rings is 3. The summed E-state index contributed by atoms with van der Waals surface area (Å²) in [5.74, 6) is 1.40. The maximum absolute atomic E-state index is 11.6. The summed E-state index contributed by atoms with van der Waals surface area (Å²) in [7, 11) is -3.23. The molecule has 1 aromatic heterocycles.